The van der Waals surface area contributed by atoms with Crippen LogP contribution in [0.4, 0.5) is 0 Å². The second-order valence-electron chi connectivity index (χ2n) is 9.51. The molecule has 6 nitrogen and oxygen atoms in total. The van der Waals surface area contributed by atoms with Crippen LogP contribution in [0.3, 0.4) is 0 Å². The summed E-state index contributed by atoms with van der Waals surface area (Å²) < 4.78 is 16.2. The van der Waals surface area contributed by atoms with Gasteiger partial charge in [-0.2, -0.15) is 0 Å². The van der Waals surface area contributed by atoms with Crippen LogP contribution in [-0.4, -0.2) is 43.5 Å². The van der Waals surface area contributed by atoms with Crippen LogP contribution in [0.1, 0.15) is 64.7 Å². The Morgan fingerprint density at radius 1 is 1.15 bits per heavy atom. The Labute approximate surface area is 204 Å². The maximum Gasteiger partial charge on any atom is 0.335 e. The summed E-state index contributed by atoms with van der Waals surface area (Å²) in [6, 6.07) is 0. The van der Waals surface area contributed by atoms with Crippen molar-refractivity contribution in [2.24, 2.45) is 23.7 Å². The number of allylic oxidation sites excluding steroid dienone is 3. The van der Waals surface area contributed by atoms with E-state index in [4.69, 9.17) is 19.3 Å². The minimum atomic E-state index is -0.678. The Morgan fingerprint density at radius 3 is 2.50 bits per heavy atom. The van der Waals surface area contributed by atoms with Gasteiger partial charge in [0.1, 0.15) is 19.0 Å². The Hall–Kier alpha value is -2.34. The average molecular weight is 475 g/mol. The zero-order chi connectivity index (χ0) is 24.8. The van der Waals surface area contributed by atoms with Gasteiger partial charge in [-0.25, -0.2) is 9.59 Å². The molecule has 2 aliphatic rings. The molecular weight excluding hydrogens is 432 g/mol. The van der Waals surface area contributed by atoms with E-state index in [1.807, 2.05) is 6.08 Å². The first-order valence-electron chi connectivity index (χ1n) is 12.7. The molecule has 2 unspecified atom stereocenters. The molecule has 0 radical (unpaired) electrons. The van der Waals surface area contributed by atoms with E-state index in [0.717, 1.165) is 30.1 Å². The highest BCUT2D eigenvalue weighted by atomic mass is 16.6. The van der Waals surface area contributed by atoms with E-state index >= 15 is 0 Å². The van der Waals surface area contributed by atoms with Crippen LogP contribution in [0.2, 0.25) is 0 Å². The second kappa shape index (κ2) is 15.5. The number of hydrogen-bond donors (Lipinski definition) is 1. The van der Waals surface area contributed by atoms with Crippen molar-refractivity contribution >= 4 is 11.9 Å². The van der Waals surface area contributed by atoms with E-state index in [1.165, 1.54) is 51.4 Å². The van der Waals surface area contributed by atoms with Gasteiger partial charge in [-0.15, -0.1) is 0 Å². The molecule has 0 aromatic heterocycles. The fourth-order valence-electron chi connectivity index (χ4n) is 4.64. The molecular formula is C28H42O6. The smallest absolute Gasteiger partial charge is 0.335 e. The van der Waals surface area contributed by atoms with Crippen LogP contribution < -0.4 is 0 Å². The van der Waals surface area contributed by atoms with Gasteiger partial charge >= 0.3 is 11.9 Å². The lowest BCUT2D eigenvalue weighted by atomic mass is 9.73. The molecule has 0 aromatic rings. The van der Waals surface area contributed by atoms with Gasteiger partial charge in [-0.3, -0.25) is 0 Å². The highest BCUT2D eigenvalue weighted by Crippen LogP contribution is 2.38. The molecule has 0 heterocycles. The molecule has 2 rings (SSSR count). The van der Waals surface area contributed by atoms with Crippen molar-refractivity contribution in [3.63, 3.8) is 0 Å². The number of esters is 2. The van der Waals surface area contributed by atoms with Crippen LogP contribution in [0.5, 0.6) is 0 Å². The highest BCUT2D eigenvalue weighted by Gasteiger charge is 2.27. The zero-order valence-corrected chi connectivity index (χ0v) is 20.7. The minimum absolute atomic E-state index is 0.0105. The summed E-state index contributed by atoms with van der Waals surface area (Å²) in [6.45, 7) is 8.88. The molecule has 1 fully saturated rings. The molecule has 0 saturated heterocycles. The highest BCUT2D eigenvalue weighted by molar-refractivity contribution is 5.87. The first kappa shape index (κ1) is 27.9. The lowest BCUT2D eigenvalue weighted by Crippen LogP contribution is -2.25. The molecule has 0 spiro atoms. The molecule has 0 amide bonds. The summed E-state index contributed by atoms with van der Waals surface area (Å²) in [5.74, 6) is 1.45. The van der Waals surface area contributed by atoms with Gasteiger partial charge in [0.15, 0.2) is 0 Å². The predicted octanol–water partition coefficient (Wildman–Crippen LogP) is 5.29. The van der Waals surface area contributed by atoms with Gasteiger partial charge < -0.3 is 19.3 Å². The number of aliphatic hydroxyl groups excluding tert-OH is 1. The van der Waals surface area contributed by atoms with Gasteiger partial charge in [-0.1, -0.05) is 64.7 Å². The Balaban J connectivity index is 1.77. The van der Waals surface area contributed by atoms with Crippen molar-refractivity contribution in [3.8, 4) is 0 Å². The van der Waals surface area contributed by atoms with Crippen LogP contribution in [0.15, 0.2) is 48.8 Å². The van der Waals surface area contributed by atoms with Crippen molar-refractivity contribution in [1.29, 1.82) is 0 Å². The quantitative estimate of drug-likeness (QED) is 0.197. The minimum Gasteiger partial charge on any atom is -0.493 e. The maximum absolute atomic E-state index is 11.8. The van der Waals surface area contributed by atoms with E-state index in [2.05, 4.69) is 32.2 Å². The fraction of sp³-hybridized carbons (Fsp3) is 0.643. The van der Waals surface area contributed by atoms with Crippen molar-refractivity contribution in [2.75, 3.05) is 26.4 Å². The number of carbonyl (C=O) groups excluding carboxylic acids is 2. The molecule has 2 atom stereocenters. The van der Waals surface area contributed by atoms with Crippen LogP contribution in [0.25, 0.3) is 0 Å². The van der Waals surface area contributed by atoms with Crippen molar-refractivity contribution < 1.29 is 28.9 Å². The number of rotatable bonds is 15. The molecule has 2 aliphatic carbocycles. The van der Waals surface area contributed by atoms with Gasteiger partial charge in [-0.05, 0) is 49.2 Å². The van der Waals surface area contributed by atoms with E-state index < -0.39 is 18.5 Å². The van der Waals surface area contributed by atoms with Crippen LogP contribution in [-0.2, 0) is 23.8 Å². The second-order valence-corrected chi connectivity index (χ2v) is 9.51. The number of aliphatic hydroxyl groups is 1. The zero-order valence-electron chi connectivity index (χ0n) is 20.7. The molecule has 0 bridgehead atoms. The average Bonchev–Trinajstić information content (AvgIpc) is 2.88. The SMILES string of the molecule is C=CC(=O)OCC(COC(=O)C(=C)CO)COC1=CCC(C2CCC(CCCCC)CC2)C=C1. The largest absolute Gasteiger partial charge is 0.493 e. The standard InChI is InChI=1S/C28H42O6/c1-4-6-7-8-22-9-11-24(12-10-22)25-13-15-26(16-14-25)32-18-23(19-33-27(30)5-2)20-34-28(31)21(3)17-29/h5,13,15-16,22-25,29H,2-4,6-12,14,17-20H2,1H3. The number of ether oxygens (including phenoxy) is 3. The third-order valence-corrected chi connectivity index (χ3v) is 6.86. The van der Waals surface area contributed by atoms with Gasteiger partial charge in [0, 0.05) is 6.08 Å². The third-order valence-electron chi connectivity index (χ3n) is 6.86. The molecule has 0 aliphatic heterocycles. The lowest BCUT2D eigenvalue weighted by molar-refractivity contribution is -0.144. The lowest BCUT2D eigenvalue weighted by Gasteiger charge is -2.33. The summed E-state index contributed by atoms with van der Waals surface area (Å²) in [5, 5.41) is 9.00. The van der Waals surface area contributed by atoms with Crippen molar-refractivity contribution in [1.82, 2.24) is 0 Å². The Morgan fingerprint density at radius 2 is 1.88 bits per heavy atom. The molecule has 1 N–H and O–H groups in total. The monoisotopic (exact) mass is 474 g/mol. The summed E-state index contributed by atoms with van der Waals surface area (Å²) in [5.41, 5.74) is -0.0262. The number of unbranched alkanes of at least 4 members (excludes halogenated alkanes) is 2. The number of carbonyl (C=O) groups is 2. The fourth-order valence-corrected chi connectivity index (χ4v) is 4.64. The summed E-state index contributed by atoms with van der Waals surface area (Å²) >= 11 is 0. The topological polar surface area (TPSA) is 82.1 Å². The van der Waals surface area contributed by atoms with E-state index in [0.29, 0.717) is 5.92 Å². The number of hydrogen-bond acceptors (Lipinski definition) is 6. The summed E-state index contributed by atoms with van der Waals surface area (Å²) in [4.78, 5) is 23.2. The van der Waals surface area contributed by atoms with Crippen LogP contribution >= 0.6 is 0 Å². The molecule has 34 heavy (non-hydrogen) atoms. The Kier molecular flexibility index (Phi) is 12.8. The maximum atomic E-state index is 11.8. The van der Waals surface area contributed by atoms with E-state index in [-0.39, 0.29) is 31.3 Å². The van der Waals surface area contributed by atoms with Crippen molar-refractivity contribution in [3.05, 3.63) is 48.8 Å². The summed E-state index contributed by atoms with van der Waals surface area (Å²) in [6.07, 6.45) is 19.3. The first-order chi connectivity index (χ1) is 16.5. The van der Waals surface area contributed by atoms with Crippen LogP contribution in [0, 0.1) is 23.7 Å². The van der Waals surface area contributed by atoms with Gasteiger partial charge in [0.2, 0.25) is 0 Å². The Bertz CT molecular complexity index is 729. The normalized spacial score (nSPS) is 22.9. The molecule has 0 aromatic carbocycles. The van der Waals surface area contributed by atoms with Gasteiger partial charge in [0.25, 0.3) is 0 Å². The van der Waals surface area contributed by atoms with E-state index in [1.54, 1.807) is 0 Å². The summed E-state index contributed by atoms with van der Waals surface area (Å²) in [7, 11) is 0. The third kappa shape index (κ3) is 9.88. The van der Waals surface area contributed by atoms with Gasteiger partial charge in [0.05, 0.1) is 24.7 Å². The molecule has 1 saturated carbocycles. The van der Waals surface area contributed by atoms with E-state index in [9.17, 15) is 9.59 Å². The first-order valence-corrected chi connectivity index (χ1v) is 12.7. The van der Waals surface area contributed by atoms with Crippen molar-refractivity contribution in [2.45, 2.75) is 64.7 Å². The molecule has 6 heteroatoms. The molecule has 190 valence electrons. The predicted molar refractivity (Wildman–Crippen MR) is 133 cm³/mol.